The average Bonchev–Trinajstić information content (AvgIpc) is 2.94. The zero-order chi connectivity index (χ0) is 12.9. The van der Waals surface area contributed by atoms with E-state index in [9.17, 15) is 14.4 Å². The molecule has 0 aromatic carbocycles. The Morgan fingerprint density at radius 1 is 1.44 bits per heavy atom. The Hall–Kier alpha value is -2.37. The molecule has 0 aliphatic carbocycles. The highest BCUT2D eigenvalue weighted by atomic mass is 16.5. The largest absolute Gasteiger partial charge is 0.469 e. The molecule has 0 saturated heterocycles. The molecule has 3 heterocycles. The van der Waals surface area contributed by atoms with Crippen molar-refractivity contribution in [2.24, 2.45) is 0 Å². The molecule has 1 amide bonds. The van der Waals surface area contributed by atoms with Crippen molar-refractivity contribution in [1.82, 2.24) is 4.90 Å². The summed E-state index contributed by atoms with van der Waals surface area (Å²) in [6, 6.07) is 1.64. The number of nitrogens with zero attached hydrogens (tertiary/aromatic N) is 1. The number of ketones is 1. The van der Waals surface area contributed by atoms with Gasteiger partial charge in [0.05, 0.1) is 19.1 Å². The third-order valence-corrected chi connectivity index (χ3v) is 3.13. The van der Waals surface area contributed by atoms with Gasteiger partial charge in [0, 0.05) is 18.5 Å². The van der Waals surface area contributed by atoms with Gasteiger partial charge in [-0.2, -0.15) is 0 Å². The van der Waals surface area contributed by atoms with Crippen LogP contribution in [-0.2, 0) is 25.5 Å². The van der Waals surface area contributed by atoms with E-state index in [0.717, 1.165) is 0 Å². The fourth-order valence-electron chi connectivity index (χ4n) is 2.32. The lowest BCUT2D eigenvalue weighted by molar-refractivity contribution is -0.142. The molecule has 0 saturated carbocycles. The van der Waals surface area contributed by atoms with E-state index in [0.29, 0.717) is 30.0 Å². The van der Waals surface area contributed by atoms with Crippen LogP contribution in [-0.4, -0.2) is 36.2 Å². The maximum Gasteiger partial charge on any atom is 0.344 e. The van der Waals surface area contributed by atoms with Gasteiger partial charge in [-0.15, -0.1) is 0 Å². The Morgan fingerprint density at radius 3 is 2.94 bits per heavy atom. The minimum atomic E-state index is -0.814. The molecule has 1 aromatic heterocycles. The summed E-state index contributed by atoms with van der Waals surface area (Å²) in [5, 5.41) is 0. The van der Waals surface area contributed by atoms with Gasteiger partial charge in [0.1, 0.15) is 11.3 Å². The molecule has 2 aliphatic rings. The summed E-state index contributed by atoms with van der Waals surface area (Å²) in [7, 11) is 1.18. The second-order valence-electron chi connectivity index (χ2n) is 4.01. The van der Waals surface area contributed by atoms with E-state index < -0.39 is 17.7 Å². The number of carbonyl (C=O) groups is 3. The Bertz CT molecular complexity index is 610. The Labute approximate surface area is 102 Å². The summed E-state index contributed by atoms with van der Waals surface area (Å²) in [6.45, 7) is 0.334. The second kappa shape index (κ2) is 3.56. The van der Waals surface area contributed by atoms with Crippen LogP contribution in [0, 0.1) is 0 Å². The molecule has 0 atom stereocenters. The zero-order valence-corrected chi connectivity index (χ0v) is 9.56. The summed E-state index contributed by atoms with van der Waals surface area (Å²) >= 11 is 0. The number of rotatable bonds is 1. The topological polar surface area (TPSA) is 76.8 Å². The maximum atomic E-state index is 11.8. The Morgan fingerprint density at radius 2 is 2.22 bits per heavy atom. The van der Waals surface area contributed by atoms with Gasteiger partial charge in [-0.25, -0.2) is 4.79 Å². The van der Waals surface area contributed by atoms with Crippen LogP contribution < -0.4 is 0 Å². The number of carbonyl (C=O) groups excluding carboxylic acids is 3. The Kier molecular flexibility index (Phi) is 2.13. The first-order valence-corrected chi connectivity index (χ1v) is 5.40. The molecule has 0 radical (unpaired) electrons. The first kappa shape index (κ1) is 10.8. The molecule has 0 unspecified atom stereocenters. The fraction of sp³-hybridized carbons (Fsp3) is 0.250. The predicted octanol–water partition coefficient (Wildman–Crippen LogP) is 0.131. The molecule has 6 nitrogen and oxygen atoms in total. The van der Waals surface area contributed by atoms with Gasteiger partial charge in [0.2, 0.25) is 0 Å². The van der Waals surface area contributed by atoms with Crippen LogP contribution in [0.3, 0.4) is 0 Å². The van der Waals surface area contributed by atoms with E-state index in [-0.39, 0.29) is 5.57 Å². The standard InChI is InChI=1S/C12H9NO5/c1-17-12(16)8-9-6-3-5-18-7(6)2-4-13(9)11(15)10(8)14/h3,5H,2,4H2,1H3. The lowest BCUT2D eigenvalue weighted by Gasteiger charge is -2.23. The highest BCUT2D eigenvalue weighted by molar-refractivity contribution is 6.54. The zero-order valence-electron chi connectivity index (χ0n) is 9.56. The predicted molar refractivity (Wildman–Crippen MR) is 58.1 cm³/mol. The van der Waals surface area contributed by atoms with Crippen molar-refractivity contribution in [2.75, 3.05) is 13.7 Å². The molecule has 92 valence electrons. The van der Waals surface area contributed by atoms with Crippen molar-refractivity contribution in [3.8, 4) is 0 Å². The van der Waals surface area contributed by atoms with Gasteiger partial charge in [-0.1, -0.05) is 0 Å². The van der Waals surface area contributed by atoms with Crippen LogP contribution in [0.4, 0.5) is 0 Å². The quantitative estimate of drug-likeness (QED) is 0.400. The summed E-state index contributed by atoms with van der Waals surface area (Å²) in [4.78, 5) is 36.6. The van der Waals surface area contributed by atoms with Crippen LogP contribution >= 0.6 is 0 Å². The molecular weight excluding hydrogens is 238 g/mol. The lowest BCUT2D eigenvalue weighted by atomic mass is 10.0. The van der Waals surface area contributed by atoms with Crippen LogP contribution in [0.2, 0.25) is 0 Å². The molecule has 3 rings (SSSR count). The molecular formula is C12H9NO5. The molecule has 2 aliphatic heterocycles. The molecule has 18 heavy (non-hydrogen) atoms. The number of hydrogen-bond donors (Lipinski definition) is 0. The van der Waals surface area contributed by atoms with E-state index in [2.05, 4.69) is 4.74 Å². The minimum Gasteiger partial charge on any atom is -0.469 e. The van der Waals surface area contributed by atoms with Gasteiger partial charge in [0.15, 0.2) is 0 Å². The van der Waals surface area contributed by atoms with Crippen LogP contribution in [0.15, 0.2) is 22.3 Å². The maximum absolute atomic E-state index is 11.8. The number of furan rings is 1. The molecule has 0 spiro atoms. The van der Waals surface area contributed by atoms with Crippen LogP contribution in [0.25, 0.3) is 5.70 Å². The second-order valence-corrected chi connectivity index (χ2v) is 4.01. The van der Waals surface area contributed by atoms with Crippen molar-refractivity contribution in [2.45, 2.75) is 6.42 Å². The highest BCUT2D eigenvalue weighted by Gasteiger charge is 2.45. The third kappa shape index (κ3) is 1.20. The van der Waals surface area contributed by atoms with Gasteiger partial charge in [-0.05, 0) is 6.07 Å². The number of Topliss-reactive ketones (excluding diaryl/α,β-unsaturated/α-hetero) is 1. The SMILES string of the molecule is COC(=O)C1=C2c3ccoc3CCN2C(=O)C1=O. The molecule has 6 heteroatoms. The van der Waals surface area contributed by atoms with Gasteiger partial charge in [0.25, 0.3) is 11.7 Å². The van der Waals surface area contributed by atoms with E-state index in [1.165, 1.54) is 18.3 Å². The van der Waals surface area contributed by atoms with Gasteiger partial charge >= 0.3 is 5.97 Å². The van der Waals surface area contributed by atoms with Crippen molar-refractivity contribution in [1.29, 1.82) is 0 Å². The van der Waals surface area contributed by atoms with Crippen molar-refractivity contribution in [3.05, 3.63) is 29.2 Å². The van der Waals surface area contributed by atoms with Crippen molar-refractivity contribution in [3.63, 3.8) is 0 Å². The first-order valence-electron chi connectivity index (χ1n) is 5.40. The van der Waals surface area contributed by atoms with E-state index in [4.69, 9.17) is 4.42 Å². The smallest absolute Gasteiger partial charge is 0.344 e. The number of amides is 1. The molecule has 0 N–H and O–H groups in total. The average molecular weight is 247 g/mol. The molecule has 0 bridgehead atoms. The number of ether oxygens (including phenoxy) is 1. The first-order chi connectivity index (χ1) is 8.65. The number of esters is 1. The summed E-state index contributed by atoms with van der Waals surface area (Å²) < 4.78 is 9.83. The number of fused-ring (bicyclic) bond motifs is 3. The third-order valence-electron chi connectivity index (χ3n) is 3.13. The van der Waals surface area contributed by atoms with Crippen LogP contribution in [0.1, 0.15) is 11.3 Å². The normalized spacial score (nSPS) is 17.9. The van der Waals surface area contributed by atoms with E-state index in [1.807, 2.05) is 0 Å². The van der Waals surface area contributed by atoms with Gasteiger partial charge < -0.3 is 14.1 Å². The monoisotopic (exact) mass is 247 g/mol. The number of hydrogen-bond acceptors (Lipinski definition) is 5. The summed E-state index contributed by atoms with van der Waals surface area (Å²) in [5.74, 6) is -1.62. The fourth-order valence-corrected chi connectivity index (χ4v) is 2.32. The van der Waals surface area contributed by atoms with E-state index >= 15 is 0 Å². The lowest BCUT2D eigenvalue weighted by Crippen LogP contribution is -2.32. The molecule has 1 aromatic rings. The number of methoxy groups -OCH3 is 1. The minimum absolute atomic E-state index is 0.204. The molecule has 0 fully saturated rings. The van der Waals surface area contributed by atoms with Crippen molar-refractivity contribution >= 4 is 23.4 Å². The highest BCUT2D eigenvalue weighted by Crippen LogP contribution is 2.37. The van der Waals surface area contributed by atoms with E-state index in [1.54, 1.807) is 6.07 Å². The van der Waals surface area contributed by atoms with Gasteiger partial charge in [-0.3, -0.25) is 9.59 Å². The van der Waals surface area contributed by atoms with Crippen molar-refractivity contribution < 1.29 is 23.5 Å². The Balaban J connectivity index is 2.25. The summed E-state index contributed by atoms with van der Waals surface area (Å²) in [6.07, 6.45) is 2.00. The van der Waals surface area contributed by atoms with Crippen LogP contribution in [0.5, 0.6) is 0 Å². The summed E-state index contributed by atoms with van der Waals surface area (Å²) in [5.41, 5.74) is 0.720.